The third kappa shape index (κ3) is 2.57. The van der Waals surface area contributed by atoms with Gasteiger partial charge in [0.25, 0.3) is 5.91 Å². The van der Waals surface area contributed by atoms with Crippen molar-refractivity contribution in [3.8, 4) is 5.75 Å². The number of furan rings is 1. The van der Waals surface area contributed by atoms with Gasteiger partial charge in [-0.15, -0.1) is 0 Å². The monoisotopic (exact) mass is 303 g/mol. The highest BCUT2D eigenvalue weighted by Crippen LogP contribution is 2.34. The summed E-state index contributed by atoms with van der Waals surface area (Å²) in [6.07, 6.45) is 1.64. The Kier molecular flexibility index (Phi) is 3.83. The van der Waals surface area contributed by atoms with Crippen LogP contribution < -0.4 is 4.74 Å². The molecule has 118 valence electrons. The van der Waals surface area contributed by atoms with Gasteiger partial charge in [-0.25, -0.2) is 0 Å². The number of fused-ring (bicyclic) bond motifs is 1. The Balaban J connectivity index is 1.88. The molecular weight excluding hydrogens is 282 g/mol. The number of likely N-dealkylation sites (N-methyl/N-ethyl adjacent to an activating group) is 1. The SMILES string of the molecule is COc1cccc2c(C)c(C(=O)N(C)CC(O)C3CC3)oc12. The third-order valence-electron chi connectivity index (χ3n) is 4.32. The molecule has 22 heavy (non-hydrogen) atoms. The van der Waals surface area contributed by atoms with Gasteiger partial charge in [-0.2, -0.15) is 0 Å². The van der Waals surface area contributed by atoms with E-state index in [0.717, 1.165) is 23.8 Å². The number of benzene rings is 1. The average Bonchev–Trinajstić information content (AvgIpc) is 3.31. The van der Waals surface area contributed by atoms with Gasteiger partial charge in [0.15, 0.2) is 17.1 Å². The highest BCUT2D eigenvalue weighted by atomic mass is 16.5. The number of carbonyl (C=O) groups excluding carboxylic acids is 1. The van der Waals surface area contributed by atoms with Crippen molar-refractivity contribution in [2.75, 3.05) is 20.7 Å². The minimum atomic E-state index is -0.451. The lowest BCUT2D eigenvalue weighted by molar-refractivity contribution is 0.0619. The number of amides is 1. The number of aliphatic hydroxyl groups excluding tert-OH is 1. The molecule has 5 nitrogen and oxygen atoms in total. The van der Waals surface area contributed by atoms with Crippen LogP contribution >= 0.6 is 0 Å². The lowest BCUT2D eigenvalue weighted by atomic mass is 10.1. The van der Waals surface area contributed by atoms with Gasteiger partial charge in [-0.3, -0.25) is 4.79 Å². The van der Waals surface area contributed by atoms with E-state index in [4.69, 9.17) is 9.15 Å². The van der Waals surface area contributed by atoms with Crippen LogP contribution in [0.3, 0.4) is 0 Å². The normalized spacial score (nSPS) is 15.8. The fourth-order valence-electron chi connectivity index (χ4n) is 2.75. The van der Waals surface area contributed by atoms with E-state index < -0.39 is 6.10 Å². The number of para-hydroxylation sites is 1. The number of methoxy groups -OCH3 is 1. The lowest BCUT2D eigenvalue weighted by Crippen LogP contribution is -2.35. The van der Waals surface area contributed by atoms with Gasteiger partial charge in [0.05, 0.1) is 13.2 Å². The second-order valence-corrected chi connectivity index (χ2v) is 5.98. The molecule has 1 N–H and O–H groups in total. The molecule has 1 heterocycles. The summed E-state index contributed by atoms with van der Waals surface area (Å²) in [5.74, 6) is 1.05. The van der Waals surface area contributed by atoms with E-state index >= 15 is 0 Å². The fraction of sp³-hybridized carbons (Fsp3) is 0.471. The molecule has 1 aliphatic rings. The Morgan fingerprint density at radius 1 is 1.50 bits per heavy atom. The zero-order chi connectivity index (χ0) is 15.9. The van der Waals surface area contributed by atoms with Crippen LogP contribution in [0.4, 0.5) is 0 Å². The molecule has 5 heteroatoms. The van der Waals surface area contributed by atoms with Crippen LogP contribution in [0, 0.1) is 12.8 Å². The Morgan fingerprint density at radius 3 is 2.86 bits per heavy atom. The maximum atomic E-state index is 12.6. The summed E-state index contributed by atoms with van der Waals surface area (Å²) in [5.41, 5.74) is 1.38. The Bertz CT molecular complexity index is 702. The number of aryl methyl sites for hydroxylation is 1. The van der Waals surface area contributed by atoms with Gasteiger partial charge in [-0.05, 0) is 31.7 Å². The van der Waals surface area contributed by atoms with Crippen LogP contribution in [0.1, 0.15) is 29.0 Å². The van der Waals surface area contributed by atoms with E-state index in [0.29, 0.717) is 29.6 Å². The highest BCUT2D eigenvalue weighted by Gasteiger charge is 2.32. The average molecular weight is 303 g/mol. The second kappa shape index (κ2) is 5.65. The van der Waals surface area contributed by atoms with E-state index in [1.165, 1.54) is 4.90 Å². The Labute approximate surface area is 129 Å². The Morgan fingerprint density at radius 2 is 2.23 bits per heavy atom. The maximum Gasteiger partial charge on any atom is 0.289 e. The molecule has 0 bridgehead atoms. The standard InChI is InChI=1S/C17H21NO4/c1-10-12-5-4-6-14(21-3)16(12)22-15(10)17(20)18(2)9-13(19)11-7-8-11/h4-6,11,13,19H,7-9H2,1-3H3. The van der Waals surface area contributed by atoms with Crippen molar-refractivity contribution in [2.24, 2.45) is 5.92 Å². The number of rotatable bonds is 5. The largest absolute Gasteiger partial charge is 0.493 e. The van der Waals surface area contributed by atoms with E-state index in [9.17, 15) is 9.90 Å². The van der Waals surface area contributed by atoms with Crippen molar-refractivity contribution < 1.29 is 19.1 Å². The molecule has 0 radical (unpaired) electrons. The fourth-order valence-corrected chi connectivity index (χ4v) is 2.75. The van der Waals surface area contributed by atoms with Gasteiger partial charge in [0, 0.05) is 24.5 Å². The first-order chi connectivity index (χ1) is 10.5. The van der Waals surface area contributed by atoms with Crippen molar-refractivity contribution in [2.45, 2.75) is 25.9 Å². The molecule has 1 saturated carbocycles. The first-order valence-electron chi connectivity index (χ1n) is 7.52. The van der Waals surface area contributed by atoms with Crippen molar-refractivity contribution >= 4 is 16.9 Å². The smallest absolute Gasteiger partial charge is 0.289 e. The predicted molar refractivity (Wildman–Crippen MR) is 83.2 cm³/mol. The lowest BCUT2D eigenvalue weighted by Gasteiger charge is -2.19. The van der Waals surface area contributed by atoms with Gasteiger partial charge in [-0.1, -0.05) is 12.1 Å². The third-order valence-corrected chi connectivity index (χ3v) is 4.32. The molecular formula is C17H21NO4. The van der Waals surface area contributed by atoms with Gasteiger partial charge in [0.1, 0.15) is 0 Å². The molecule has 1 fully saturated rings. The number of hydrogen-bond donors (Lipinski definition) is 1. The molecule has 1 aliphatic carbocycles. The number of hydrogen-bond acceptors (Lipinski definition) is 4. The van der Waals surface area contributed by atoms with Gasteiger partial charge < -0.3 is 19.2 Å². The minimum Gasteiger partial charge on any atom is -0.493 e. The summed E-state index contributed by atoms with van der Waals surface area (Å²) in [4.78, 5) is 14.1. The van der Waals surface area contributed by atoms with E-state index in [-0.39, 0.29) is 5.91 Å². The second-order valence-electron chi connectivity index (χ2n) is 5.98. The number of nitrogens with zero attached hydrogens (tertiary/aromatic N) is 1. The number of aliphatic hydroxyl groups is 1. The Hall–Kier alpha value is -2.01. The van der Waals surface area contributed by atoms with Crippen LogP contribution in [0.15, 0.2) is 22.6 Å². The number of ether oxygens (including phenoxy) is 1. The van der Waals surface area contributed by atoms with Crippen molar-refractivity contribution in [3.05, 3.63) is 29.5 Å². The molecule has 1 amide bonds. The van der Waals surface area contributed by atoms with Gasteiger partial charge >= 0.3 is 0 Å². The highest BCUT2D eigenvalue weighted by molar-refractivity contribution is 6.00. The van der Waals surface area contributed by atoms with Gasteiger partial charge in [0.2, 0.25) is 0 Å². The summed E-state index contributed by atoms with van der Waals surface area (Å²) in [6.45, 7) is 2.20. The van der Waals surface area contributed by atoms with Crippen molar-refractivity contribution in [1.82, 2.24) is 4.90 Å². The molecule has 2 aromatic rings. The van der Waals surface area contributed by atoms with E-state index in [1.54, 1.807) is 20.2 Å². The molecule has 1 aromatic heterocycles. The summed E-state index contributed by atoms with van der Waals surface area (Å²) < 4.78 is 11.0. The topological polar surface area (TPSA) is 62.9 Å². The summed E-state index contributed by atoms with van der Waals surface area (Å²) in [7, 11) is 3.27. The van der Waals surface area contributed by atoms with Crippen LogP contribution in [0.5, 0.6) is 5.75 Å². The van der Waals surface area contributed by atoms with Crippen molar-refractivity contribution in [3.63, 3.8) is 0 Å². The quantitative estimate of drug-likeness (QED) is 0.922. The molecule has 0 spiro atoms. The first-order valence-corrected chi connectivity index (χ1v) is 7.52. The first kappa shape index (κ1) is 14.9. The zero-order valence-electron chi connectivity index (χ0n) is 13.1. The minimum absolute atomic E-state index is 0.213. The van der Waals surface area contributed by atoms with Crippen LogP contribution in [0.2, 0.25) is 0 Å². The maximum absolute atomic E-state index is 12.6. The van der Waals surface area contributed by atoms with Crippen molar-refractivity contribution in [1.29, 1.82) is 0 Å². The summed E-state index contributed by atoms with van der Waals surface area (Å²) >= 11 is 0. The van der Waals surface area contributed by atoms with E-state index in [2.05, 4.69) is 0 Å². The molecule has 0 saturated heterocycles. The zero-order valence-corrected chi connectivity index (χ0v) is 13.1. The predicted octanol–water partition coefficient (Wildman–Crippen LogP) is 2.59. The van der Waals surface area contributed by atoms with Crippen LogP contribution in [-0.4, -0.2) is 42.7 Å². The summed E-state index contributed by atoms with van der Waals surface area (Å²) in [6, 6.07) is 5.59. The molecule has 1 atom stereocenters. The van der Waals surface area contributed by atoms with Crippen LogP contribution in [0.25, 0.3) is 11.0 Å². The molecule has 1 aromatic carbocycles. The van der Waals surface area contributed by atoms with E-state index in [1.807, 2.05) is 19.1 Å². The summed E-state index contributed by atoms with van der Waals surface area (Å²) in [5, 5.41) is 10.9. The molecule has 1 unspecified atom stereocenters. The van der Waals surface area contributed by atoms with Crippen LogP contribution in [-0.2, 0) is 0 Å². The number of carbonyl (C=O) groups is 1. The molecule has 0 aliphatic heterocycles. The molecule has 3 rings (SSSR count).